The van der Waals surface area contributed by atoms with Crippen molar-refractivity contribution in [2.24, 2.45) is 0 Å². The van der Waals surface area contributed by atoms with Crippen molar-refractivity contribution in [3.63, 3.8) is 0 Å². The van der Waals surface area contributed by atoms with Crippen molar-refractivity contribution in [1.29, 1.82) is 0 Å². The van der Waals surface area contributed by atoms with E-state index in [2.05, 4.69) is 20.5 Å². The summed E-state index contributed by atoms with van der Waals surface area (Å²) in [6.07, 6.45) is 0. The van der Waals surface area contributed by atoms with E-state index in [-0.39, 0.29) is 11.7 Å². The maximum atomic E-state index is 13.8. The third kappa shape index (κ3) is 3.62. The predicted molar refractivity (Wildman–Crippen MR) is 91.2 cm³/mol. The average Bonchev–Trinajstić information content (AvgIpc) is 3.08. The summed E-state index contributed by atoms with van der Waals surface area (Å²) in [4.78, 5) is 16.0. The van der Waals surface area contributed by atoms with Crippen molar-refractivity contribution >= 4 is 17.7 Å². The molecule has 5 nitrogen and oxygen atoms in total. The summed E-state index contributed by atoms with van der Waals surface area (Å²) in [7, 11) is 1.60. The van der Waals surface area contributed by atoms with Crippen LogP contribution in [-0.4, -0.2) is 28.1 Å². The zero-order valence-corrected chi connectivity index (χ0v) is 13.7. The fourth-order valence-electron chi connectivity index (χ4n) is 2.18. The summed E-state index contributed by atoms with van der Waals surface area (Å²) in [6.45, 7) is 0. The largest absolute Gasteiger partial charge is 0.355 e. The van der Waals surface area contributed by atoms with Gasteiger partial charge in [-0.25, -0.2) is 9.37 Å². The SMILES string of the molecule is CNC(=O)c1cccc(CSc2n[nH]c(-c3ccccc3F)n2)c1. The van der Waals surface area contributed by atoms with Crippen LogP contribution in [-0.2, 0) is 5.75 Å². The maximum Gasteiger partial charge on any atom is 0.251 e. The molecule has 0 aliphatic rings. The third-order valence-electron chi connectivity index (χ3n) is 3.38. The first-order valence-electron chi connectivity index (χ1n) is 7.28. The van der Waals surface area contributed by atoms with Gasteiger partial charge in [-0.05, 0) is 29.8 Å². The van der Waals surface area contributed by atoms with Gasteiger partial charge in [0.2, 0.25) is 5.16 Å². The number of carbonyl (C=O) groups excluding carboxylic acids is 1. The Morgan fingerprint density at radius 3 is 2.88 bits per heavy atom. The smallest absolute Gasteiger partial charge is 0.251 e. The second kappa shape index (κ2) is 7.27. The second-order valence-electron chi connectivity index (χ2n) is 5.01. The van der Waals surface area contributed by atoms with E-state index in [4.69, 9.17) is 0 Å². The minimum Gasteiger partial charge on any atom is -0.355 e. The highest BCUT2D eigenvalue weighted by Gasteiger charge is 2.10. The molecule has 2 N–H and O–H groups in total. The number of nitrogens with zero attached hydrogens (tertiary/aromatic N) is 2. The number of amides is 1. The van der Waals surface area contributed by atoms with Gasteiger partial charge in [-0.15, -0.1) is 5.10 Å². The van der Waals surface area contributed by atoms with Crippen LogP contribution in [0.2, 0.25) is 0 Å². The van der Waals surface area contributed by atoms with Crippen molar-refractivity contribution in [3.05, 3.63) is 65.5 Å². The number of rotatable bonds is 5. The number of benzene rings is 2. The average molecular weight is 342 g/mol. The topological polar surface area (TPSA) is 70.7 Å². The Hall–Kier alpha value is -2.67. The molecule has 122 valence electrons. The molecule has 0 fully saturated rings. The molecule has 3 rings (SSSR count). The van der Waals surface area contributed by atoms with Crippen LogP contribution < -0.4 is 5.32 Å². The van der Waals surface area contributed by atoms with Crippen LogP contribution in [0.3, 0.4) is 0 Å². The first-order chi connectivity index (χ1) is 11.7. The van der Waals surface area contributed by atoms with Crippen LogP contribution in [0.25, 0.3) is 11.4 Å². The van der Waals surface area contributed by atoms with Crippen LogP contribution in [0.15, 0.2) is 53.7 Å². The summed E-state index contributed by atoms with van der Waals surface area (Å²) in [5.74, 6) is 0.541. The van der Waals surface area contributed by atoms with E-state index >= 15 is 0 Å². The lowest BCUT2D eigenvalue weighted by molar-refractivity contribution is 0.0963. The Kier molecular flexibility index (Phi) is 4.90. The number of carbonyl (C=O) groups is 1. The highest BCUT2D eigenvalue weighted by molar-refractivity contribution is 7.98. The second-order valence-corrected chi connectivity index (χ2v) is 5.96. The lowest BCUT2D eigenvalue weighted by Crippen LogP contribution is -2.17. The monoisotopic (exact) mass is 342 g/mol. The highest BCUT2D eigenvalue weighted by atomic mass is 32.2. The lowest BCUT2D eigenvalue weighted by Gasteiger charge is -2.03. The van der Waals surface area contributed by atoms with E-state index in [0.29, 0.717) is 27.9 Å². The molecular weight excluding hydrogens is 327 g/mol. The van der Waals surface area contributed by atoms with Gasteiger partial charge in [0.05, 0.1) is 5.56 Å². The van der Waals surface area contributed by atoms with Gasteiger partial charge in [0, 0.05) is 18.4 Å². The number of aromatic nitrogens is 3. The van der Waals surface area contributed by atoms with E-state index in [1.165, 1.54) is 17.8 Å². The highest BCUT2D eigenvalue weighted by Crippen LogP contribution is 2.24. The fraction of sp³-hybridized carbons (Fsp3) is 0.118. The molecule has 1 heterocycles. The number of H-pyrrole nitrogens is 1. The Balaban J connectivity index is 1.70. The number of aromatic amines is 1. The summed E-state index contributed by atoms with van der Waals surface area (Å²) < 4.78 is 13.8. The molecule has 0 aliphatic carbocycles. The Labute approximate surface area is 142 Å². The Morgan fingerprint density at radius 2 is 2.08 bits per heavy atom. The van der Waals surface area contributed by atoms with Crippen molar-refractivity contribution in [2.45, 2.75) is 10.9 Å². The molecule has 0 atom stereocenters. The van der Waals surface area contributed by atoms with E-state index in [1.54, 1.807) is 31.3 Å². The fourth-order valence-corrected chi connectivity index (χ4v) is 2.92. The van der Waals surface area contributed by atoms with Gasteiger partial charge in [-0.3, -0.25) is 9.89 Å². The molecule has 2 aromatic carbocycles. The minimum atomic E-state index is -0.344. The molecule has 0 spiro atoms. The molecule has 0 aliphatic heterocycles. The van der Waals surface area contributed by atoms with Crippen LogP contribution in [0, 0.1) is 5.82 Å². The summed E-state index contributed by atoms with van der Waals surface area (Å²) in [6, 6.07) is 13.8. The molecule has 0 saturated heterocycles. The van der Waals surface area contributed by atoms with E-state index in [1.807, 2.05) is 18.2 Å². The minimum absolute atomic E-state index is 0.124. The van der Waals surface area contributed by atoms with Gasteiger partial charge in [-0.1, -0.05) is 36.0 Å². The first kappa shape index (κ1) is 16.2. The Bertz CT molecular complexity index is 865. The predicted octanol–water partition coefficient (Wildman–Crippen LogP) is 3.26. The maximum absolute atomic E-state index is 13.8. The molecule has 7 heteroatoms. The number of thioether (sulfide) groups is 1. The lowest BCUT2D eigenvalue weighted by atomic mass is 10.1. The number of nitrogens with one attached hydrogen (secondary N) is 2. The van der Waals surface area contributed by atoms with Crippen molar-refractivity contribution in [2.75, 3.05) is 7.05 Å². The molecule has 0 radical (unpaired) electrons. The van der Waals surface area contributed by atoms with Gasteiger partial charge in [0.25, 0.3) is 5.91 Å². The van der Waals surface area contributed by atoms with Gasteiger partial charge < -0.3 is 5.32 Å². The van der Waals surface area contributed by atoms with Gasteiger partial charge in [0.1, 0.15) is 5.82 Å². The summed E-state index contributed by atoms with van der Waals surface area (Å²) in [5, 5.41) is 9.98. The van der Waals surface area contributed by atoms with Crippen molar-refractivity contribution < 1.29 is 9.18 Å². The molecule has 0 unspecified atom stereocenters. The molecular formula is C17H15FN4OS. The molecule has 0 bridgehead atoms. The molecule has 1 aromatic heterocycles. The summed E-state index contributed by atoms with van der Waals surface area (Å²) >= 11 is 1.42. The molecule has 3 aromatic rings. The van der Waals surface area contributed by atoms with E-state index in [9.17, 15) is 9.18 Å². The molecule has 1 amide bonds. The summed E-state index contributed by atoms with van der Waals surface area (Å²) in [5.41, 5.74) is 1.98. The van der Waals surface area contributed by atoms with Crippen LogP contribution in [0.4, 0.5) is 4.39 Å². The van der Waals surface area contributed by atoms with Crippen molar-refractivity contribution in [3.8, 4) is 11.4 Å². The normalized spacial score (nSPS) is 10.6. The first-order valence-corrected chi connectivity index (χ1v) is 8.27. The number of halogens is 1. The third-order valence-corrected chi connectivity index (χ3v) is 4.30. The number of hydrogen-bond donors (Lipinski definition) is 2. The van der Waals surface area contributed by atoms with Crippen LogP contribution in [0.1, 0.15) is 15.9 Å². The zero-order valence-electron chi connectivity index (χ0n) is 12.9. The Morgan fingerprint density at radius 1 is 1.25 bits per heavy atom. The van der Waals surface area contributed by atoms with Crippen LogP contribution >= 0.6 is 11.8 Å². The van der Waals surface area contributed by atoms with Gasteiger partial charge >= 0.3 is 0 Å². The van der Waals surface area contributed by atoms with E-state index in [0.717, 1.165) is 5.56 Å². The number of hydrogen-bond acceptors (Lipinski definition) is 4. The van der Waals surface area contributed by atoms with Crippen molar-refractivity contribution in [1.82, 2.24) is 20.5 Å². The van der Waals surface area contributed by atoms with Crippen LogP contribution in [0.5, 0.6) is 0 Å². The molecule has 0 saturated carbocycles. The molecule has 24 heavy (non-hydrogen) atoms. The van der Waals surface area contributed by atoms with Gasteiger partial charge in [0.15, 0.2) is 5.82 Å². The standard InChI is InChI=1S/C17H15FN4OS/c1-19-16(23)12-6-4-5-11(9-12)10-24-17-20-15(21-22-17)13-7-2-3-8-14(13)18/h2-9H,10H2,1H3,(H,19,23)(H,20,21,22). The van der Waals surface area contributed by atoms with Gasteiger partial charge in [-0.2, -0.15) is 0 Å². The quantitative estimate of drug-likeness (QED) is 0.698. The zero-order chi connectivity index (χ0) is 16.9. The van der Waals surface area contributed by atoms with E-state index < -0.39 is 0 Å².